The molecule has 0 radical (unpaired) electrons. The topological polar surface area (TPSA) is 36.9 Å². The molecule has 0 saturated carbocycles. The molecule has 0 aliphatic carbocycles. The van der Waals surface area contributed by atoms with E-state index in [2.05, 4.69) is 51.4 Å². The molecule has 4 nitrogen and oxygen atoms in total. The number of rotatable bonds is 13. The van der Waals surface area contributed by atoms with E-state index in [0.29, 0.717) is 25.4 Å². The van der Waals surface area contributed by atoms with Crippen molar-refractivity contribution in [3.05, 3.63) is 0 Å². The van der Waals surface area contributed by atoms with Crippen LogP contribution in [0.5, 0.6) is 0 Å². The van der Waals surface area contributed by atoms with Crippen LogP contribution in [0.15, 0.2) is 0 Å². The van der Waals surface area contributed by atoms with Gasteiger partial charge in [-0.25, -0.2) is 0 Å². The Morgan fingerprint density at radius 2 is 0.767 bits per heavy atom. The lowest BCUT2D eigenvalue weighted by Gasteiger charge is -2.08. The van der Waals surface area contributed by atoms with Crippen LogP contribution in [0, 0.1) is 23.7 Å². The van der Waals surface area contributed by atoms with Crippen LogP contribution in [0.1, 0.15) is 95.9 Å². The van der Waals surface area contributed by atoms with E-state index in [-0.39, 0.29) is 27.1 Å². The minimum atomic E-state index is 0. The number of hydrogen-bond donors (Lipinski definition) is 0. The molecule has 0 spiro atoms. The van der Waals surface area contributed by atoms with Crippen LogP contribution >= 0.6 is 0 Å². The van der Waals surface area contributed by atoms with Crippen LogP contribution in [0.2, 0.25) is 0 Å². The van der Waals surface area contributed by atoms with E-state index in [4.69, 9.17) is 18.9 Å². The molecule has 0 aliphatic rings. The molecular formula is C26H52O4. The van der Waals surface area contributed by atoms with Gasteiger partial charge in [-0.15, -0.1) is 0 Å². The number of ether oxygens (including phenoxy) is 4. The summed E-state index contributed by atoms with van der Waals surface area (Å²) >= 11 is 0. The molecule has 0 fully saturated rings. The van der Waals surface area contributed by atoms with E-state index in [9.17, 15) is 0 Å². The first-order chi connectivity index (χ1) is 13.3. The molecule has 0 unspecified atom stereocenters. The van der Waals surface area contributed by atoms with Crippen LogP contribution in [-0.2, 0) is 18.9 Å². The average Bonchev–Trinajstić information content (AvgIpc) is 2.59. The van der Waals surface area contributed by atoms with Gasteiger partial charge in [-0.2, -0.15) is 0 Å². The third kappa shape index (κ3) is 41.4. The van der Waals surface area contributed by atoms with Crippen LogP contribution in [-0.4, -0.2) is 50.8 Å². The van der Waals surface area contributed by atoms with Crippen molar-refractivity contribution in [1.82, 2.24) is 0 Å². The molecule has 0 heterocycles. The Bertz CT molecular complexity index is 391. The van der Waals surface area contributed by atoms with Crippen LogP contribution in [0.25, 0.3) is 0 Å². The summed E-state index contributed by atoms with van der Waals surface area (Å²) in [7, 11) is 0. The van der Waals surface area contributed by atoms with Crippen LogP contribution in [0.4, 0.5) is 0 Å². The summed E-state index contributed by atoms with van der Waals surface area (Å²) in [5, 5.41) is 0. The largest absolute Gasteiger partial charge is 0.379 e. The van der Waals surface area contributed by atoms with E-state index in [1.807, 2.05) is 27.7 Å². The smallest absolute Gasteiger partial charge is 0.109 e. The van der Waals surface area contributed by atoms with E-state index >= 15 is 0 Å². The zero-order chi connectivity index (χ0) is 21.6. The van der Waals surface area contributed by atoms with Crippen molar-refractivity contribution >= 4 is 0 Å². The second-order valence-corrected chi connectivity index (χ2v) is 7.58. The Hall–Kier alpha value is -1.04. The van der Waals surface area contributed by atoms with E-state index in [0.717, 1.165) is 13.2 Å². The molecule has 0 aromatic rings. The molecule has 0 aromatic heterocycles. The van der Waals surface area contributed by atoms with Crippen LogP contribution < -0.4 is 0 Å². The highest BCUT2D eigenvalue weighted by atomic mass is 16.5. The molecule has 0 atom stereocenters. The third-order valence-corrected chi connectivity index (χ3v) is 3.16. The fourth-order valence-corrected chi connectivity index (χ4v) is 1.77. The number of hydrogen-bond acceptors (Lipinski definition) is 4. The van der Waals surface area contributed by atoms with Crippen molar-refractivity contribution in [2.45, 2.75) is 120 Å². The van der Waals surface area contributed by atoms with Gasteiger partial charge in [0.2, 0.25) is 0 Å². The second kappa shape index (κ2) is 28.0. The summed E-state index contributed by atoms with van der Waals surface area (Å²) in [5.74, 6) is 11.0. The monoisotopic (exact) mass is 428 g/mol. The first-order valence-corrected chi connectivity index (χ1v) is 10.7. The minimum absolute atomic E-state index is 0. The summed E-state index contributed by atoms with van der Waals surface area (Å²) in [4.78, 5) is 0. The molecule has 180 valence electrons. The van der Waals surface area contributed by atoms with Crippen molar-refractivity contribution in [2.75, 3.05) is 26.4 Å². The second-order valence-electron chi connectivity index (χ2n) is 7.58. The number of unbranched alkanes of at least 4 members (excludes halogenated alkanes) is 3. The lowest BCUT2D eigenvalue weighted by molar-refractivity contribution is 0.0687. The Balaban J connectivity index is -0.000000211. The zero-order valence-corrected chi connectivity index (χ0v) is 19.6. The minimum Gasteiger partial charge on any atom is -0.379 e. The standard InChI is InChI=1S/C12H26O2.C12H18O2.2CH4/c2*1-11(2)13-9-7-5-6-8-10-14-12(3)4;;/h11-12H,5-10H2,1-4H3;11-12H,9-10H2,1-4H3;2*1H4. The summed E-state index contributed by atoms with van der Waals surface area (Å²) in [6, 6.07) is 0. The Kier molecular flexibility index (Phi) is 33.9. The zero-order valence-electron chi connectivity index (χ0n) is 19.6. The maximum absolute atomic E-state index is 5.46. The predicted molar refractivity (Wildman–Crippen MR) is 132 cm³/mol. The molecule has 0 bridgehead atoms. The molecule has 0 saturated heterocycles. The van der Waals surface area contributed by atoms with Gasteiger partial charge in [0.15, 0.2) is 0 Å². The van der Waals surface area contributed by atoms with Crippen molar-refractivity contribution in [3.63, 3.8) is 0 Å². The molecular weight excluding hydrogens is 376 g/mol. The maximum atomic E-state index is 5.46. The summed E-state index contributed by atoms with van der Waals surface area (Å²) in [6.45, 7) is 18.9. The van der Waals surface area contributed by atoms with Gasteiger partial charge < -0.3 is 18.9 Å². The van der Waals surface area contributed by atoms with Gasteiger partial charge in [0, 0.05) is 13.2 Å². The summed E-state index contributed by atoms with van der Waals surface area (Å²) in [6.07, 6.45) is 6.07. The fraction of sp³-hybridized carbons (Fsp3) is 0.846. The highest BCUT2D eigenvalue weighted by molar-refractivity contribution is 5.26. The Morgan fingerprint density at radius 3 is 1.03 bits per heavy atom. The third-order valence-electron chi connectivity index (χ3n) is 3.16. The lowest BCUT2D eigenvalue weighted by Crippen LogP contribution is -2.05. The van der Waals surface area contributed by atoms with Gasteiger partial charge in [-0.1, -0.05) is 39.5 Å². The molecule has 0 N–H and O–H groups in total. The average molecular weight is 429 g/mol. The Labute approximate surface area is 189 Å². The molecule has 0 aromatic carbocycles. The van der Waals surface area contributed by atoms with Gasteiger partial charge >= 0.3 is 0 Å². The molecule has 0 rings (SSSR count). The summed E-state index contributed by atoms with van der Waals surface area (Å²) < 4.78 is 21.3. The molecule has 4 heteroatoms. The van der Waals surface area contributed by atoms with Gasteiger partial charge in [-0.3, -0.25) is 0 Å². The quantitative estimate of drug-likeness (QED) is 0.247. The SMILES string of the molecule is C.C.CC(C)OCC#CC#CCOC(C)C.CC(C)OCCCCCCOC(C)C. The van der Waals surface area contributed by atoms with Crippen molar-refractivity contribution in [3.8, 4) is 23.7 Å². The predicted octanol–water partition coefficient (Wildman–Crippen LogP) is 6.51. The van der Waals surface area contributed by atoms with Crippen LogP contribution in [0.3, 0.4) is 0 Å². The van der Waals surface area contributed by atoms with Crippen molar-refractivity contribution in [2.24, 2.45) is 0 Å². The highest BCUT2D eigenvalue weighted by Gasteiger charge is 1.95. The normalized spacial score (nSPS) is 9.73. The summed E-state index contributed by atoms with van der Waals surface area (Å²) in [5.41, 5.74) is 0. The van der Waals surface area contributed by atoms with E-state index in [1.165, 1.54) is 25.7 Å². The maximum Gasteiger partial charge on any atom is 0.109 e. The molecule has 0 aliphatic heterocycles. The highest BCUT2D eigenvalue weighted by Crippen LogP contribution is 2.02. The van der Waals surface area contributed by atoms with E-state index < -0.39 is 0 Å². The first-order valence-electron chi connectivity index (χ1n) is 10.7. The van der Waals surface area contributed by atoms with Gasteiger partial charge in [0.25, 0.3) is 0 Å². The van der Waals surface area contributed by atoms with Crippen molar-refractivity contribution < 1.29 is 18.9 Å². The fourth-order valence-electron chi connectivity index (χ4n) is 1.77. The van der Waals surface area contributed by atoms with Gasteiger partial charge in [0.1, 0.15) is 13.2 Å². The lowest BCUT2D eigenvalue weighted by atomic mass is 10.2. The van der Waals surface area contributed by atoms with E-state index in [1.54, 1.807) is 0 Å². The molecule has 0 amide bonds. The Morgan fingerprint density at radius 1 is 0.467 bits per heavy atom. The van der Waals surface area contributed by atoms with Crippen molar-refractivity contribution in [1.29, 1.82) is 0 Å². The first kappa shape index (κ1) is 36.3. The van der Waals surface area contributed by atoms with Gasteiger partial charge in [-0.05, 0) is 80.1 Å². The van der Waals surface area contributed by atoms with Gasteiger partial charge in [0.05, 0.1) is 24.4 Å². The molecule has 30 heavy (non-hydrogen) atoms.